The van der Waals surface area contributed by atoms with Crippen LogP contribution in [-0.2, 0) is 27.4 Å². The fourth-order valence-electron chi connectivity index (χ4n) is 3.88. The molecule has 0 radical (unpaired) electrons. The summed E-state index contributed by atoms with van der Waals surface area (Å²) in [6, 6.07) is 0. The SMILES string of the molecule is CCn1ccnc1CN1CC[C@@H](OC)[C@H](CC(=O)N2CCOCC2)C1. The van der Waals surface area contributed by atoms with Gasteiger partial charge in [0.1, 0.15) is 5.82 Å². The zero-order valence-corrected chi connectivity index (χ0v) is 15.4. The van der Waals surface area contributed by atoms with Crippen LogP contribution in [0, 0.1) is 5.92 Å². The Balaban J connectivity index is 1.59. The molecule has 0 saturated carbocycles. The van der Waals surface area contributed by atoms with Crippen LogP contribution < -0.4 is 0 Å². The van der Waals surface area contributed by atoms with Crippen molar-refractivity contribution < 1.29 is 14.3 Å². The number of aromatic nitrogens is 2. The number of methoxy groups -OCH3 is 1. The van der Waals surface area contributed by atoms with Crippen LogP contribution in [0.2, 0.25) is 0 Å². The summed E-state index contributed by atoms with van der Waals surface area (Å²) in [6.45, 7) is 8.48. The molecule has 25 heavy (non-hydrogen) atoms. The molecule has 0 aromatic carbocycles. The van der Waals surface area contributed by atoms with Crippen molar-refractivity contribution in [3.05, 3.63) is 18.2 Å². The largest absolute Gasteiger partial charge is 0.381 e. The Hall–Kier alpha value is -1.44. The molecule has 0 spiro atoms. The first-order valence-electron chi connectivity index (χ1n) is 9.32. The van der Waals surface area contributed by atoms with Crippen molar-refractivity contribution in [3.63, 3.8) is 0 Å². The minimum atomic E-state index is 0.159. The first kappa shape index (κ1) is 18.4. The first-order valence-corrected chi connectivity index (χ1v) is 9.32. The molecule has 1 amide bonds. The van der Waals surface area contributed by atoms with Crippen LogP contribution in [0.4, 0.5) is 0 Å². The van der Waals surface area contributed by atoms with Crippen LogP contribution >= 0.6 is 0 Å². The van der Waals surface area contributed by atoms with Gasteiger partial charge in [0.25, 0.3) is 0 Å². The second-order valence-electron chi connectivity index (χ2n) is 6.88. The van der Waals surface area contributed by atoms with E-state index in [0.29, 0.717) is 32.7 Å². The molecule has 3 rings (SSSR count). The summed E-state index contributed by atoms with van der Waals surface area (Å²) in [5.74, 6) is 1.56. The van der Waals surface area contributed by atoms with Crippen LogP contribution in [0.1, 0.15) is 25.6 Å². The Morgan fingerprint density at radius 1 is 1.36 bits per heavy atom. The van der Waals surface area contributed by atoms with E-state index >= 15 is 0 Å². The maximum absolute atomic E-state index is 12.6. The van der Waals surface area contributed by atoms with Crippen LogP contribution in [0.3, 0.4) is 0 Å². The Morgan fingerprint density at radius 3 is 2.88 bits per heavy atom. The molecule has 2 aliphatic rings. The molecule has 1 aromatic heterocycles. The van der Waals surface area contributed by atoms with Crippen molar-refractivity contribution in [2.75, 3.05) is 46.5 Å². The Kier molecular flexibility index (Phi) is 6.45. The normalized spacial score (nSPS) is 25.3. The van der Waals surface area contributed by atoms with Crippen LogP contribution in [0.25, 0.3) is 0 Å². The Labute approximate surface area is 149 Å². The van der Waals surface area contributed by atoms with E-state index in [1.165, 1.54) is 0 Å². The minimum Gasteiger partial charge on any atom is -0.381 e. The molecule has 2 aliphatic heterocycles. The highest BCUT2D eigenvalue weighted by Crippen LogP contribution is 2.25. The van der Waals surface area contributed by atoms with Gasteiger partial charge in [-0.3, -0.25) is 9.69 Å². The number of hydrogen-bond donors (Lipinski definition) is 0. The molecule has 0 aliphatic carbocycles. The smallest absolute Gasteiger partial charge is 0.223 e. The molecular weight excluding hydrogens is 320 g/mol. The second kappa shape index (κ2) is 8.78. The van der Waals surface area contributed by atoms with Crippen molar-refractivity contribution >= 4 is 5.91 Å². The van der Waals surface area contributed by atoms with Gasteiger partial charge >= 0.3 is 0 Å². The lowest BCUT2D eigenvalue weighted by molar-refractivity contribution is -0.138. The van der Waals surface area contributed by atoms with E-state index < -0.39 is 0 Å². The van der Waals surface area contributed by atoms with Gasteiger partial charge in [0.05, 0.1) is 25.9 Å². The number of carbonyl (C=O) groups is 1. The van der Waals surface area contributed by atoms with Gasteiger partial charge in [-0.2, -0.15) is 0 Å². The standard InChI is InChI=1S/C18H30N4O3/c1-3-21-7-5-19-17(21)14-20-6-4-16(24-2)15(13-20)12-18(23)22-8-10-25-11-9-22/h5,7,15-16H,3-4,6,8-14H2,1-2H3/t15-,16-/m1/s1. The van der Waals surface area contributed by atoms with Gasteiger partial charge in [-0.15, -0.1) is 0 Å². The van der Waals surface area contributed by atoms with Gasteiger partial charge < -0.3 is 18.9 Å². The maximum atomic E-state index is 12.6. The molecule has 1 aromatic rings. The number of imidazole rings is 1. The summed E-state index contributed by atoms with van der Waals surface area (Å²) in [7, 11) is 1.76. The third-order valence-corrected chi connectivity index (χ3v) is 5.36. The third-order valence-electron chi connectivity index (χ3n) is 5.36. The minimum absolute atomic E-state index is 0.159. The van der Waals surface area contributed by atoms with Crippen molar-refractivity contribution in [2.24, 2.45) is 5.92 Å². The second-order valence-corrected chi connectivity index (χ2v) is 6.88. The average molecular weight is 350 g/mol. The third kappa shape index (κ3) is 4.59. The zero-order valence-electron chi connectivity index (χ0n) is 15.4. The van der Waals surface area contributed by atoms with Gasteiger partial charge in [-0.05, 0) is 13.3 Å². The molecule has 2 saturated heterocycles. The summed E-state index contributed by atoms with van der Waals surface area (Å²) in [4.78, 5) is 21.4. The van der Waals surface area contributed by atoms with Crippen molar-refractivity contribution in [2.45, 2.75) is 39.0 Å². The quantitative estimate of drug-likeness (QED) is 0.766. The molecule has 2 fully saturated rings. The Bertz CT molecular complexity index is 556. The van der Waals surface area contributed by atoms with Crippen molar-refractivity contribution in [1.82, 2.24) is 19.4 Å². The van der Waals surface area contributed by atoms with E-state index in [-0.39, 0.29) is 17.9 Å². The van der Waals surface area contributed by atoms with E-state index in [1.54, 1.807) is 7.11 Å². The van der Waals surface area contributed by atoms with Gasteiger partial charge in [0.2, 0.25) is 5.91 Å². The maximum Gasteiger partial charge on any atom is 0.223 e. The number of nitrogens with zero attached hydrogens (tertiary/aromatic N) is 4. The molecule has 3 heterocycles. The predicted molar refractivity (Wildman–Crippen MR) is 94.1 cm³/mol. The number of amides is 1. The highest BCUT2D eigenvalue weighted by molar-refractivity contribution is 5.76. The topological polar surface area (TPSA) is 59.8 Å². The summed E-state index contributed by atoms with van der Waals surface area (Å²) < 4.78 is 13.2. The summed E-state index contributed by atoms with van der Waals surface area (Å²) in [5.41, 5.74) is 0. The number of aryl methyl sites for hydroxylation is 1. The van der Waals surface area contributed by atoms with E-state index in [1.807, 2.05) is 17.3 Å². The highest BCUT2D eigenvalue weighted by Gasteiger charge is 2.32. The lowest BCUT2D eigenvalue weighted by Crippen LogP contribution is -2.47. The number of likely N-dealkylation sites (tertiary alicyclic amines) is 1. The molecule has 0 N–H and O–H groups in total. The van der Waals surface area contributed by atoms with E-state index in [9.17, 15) is 4.79 Å². The number of rotatable bonds is 6. The van der Waals surface area contributed by atoms with Gasteiger partial charge in [-0.1, -0.05) is 0 Å². The van der Waals surface area contributed by atoms with Gasteiger partial charge in [-0.25, -0.2) is 4.98 Å². The number of hydrogen-bond acceptors (Lipinski definition) is 5. The number of piperidine rings is 1. The lowest BCUT2D eigenvalue weighted by Gasteiger charge is -2.38. The van der Waals surface area contributed by atoms with Crippen LogP contribution in [-0.4, -0.2) is 77.9 Å². The molecule has 7 nitrogen and oxygen atoms in total. The zero-order chi connectivity index (χ0) is 17.6. The Morgan fingerprint density at radius 2 is 2.16 bits per heavy atom. The molecule has 140 valence electrons. The number of ether oxygens (including phenoxy) is 2. The molecule has 2 atom stereocenters. The summed E-state index contributed by atoms with van der Waals surface area (Å²) >= 11 is 0. The molecule has 7 heteroatoms. The average Bonchev–Trinajstić information content (AvgIpc) is 3.10. The molecular formula is C18H30N4O3. The van der Waals surface area contributed by atoms with Crippen LogP contribution in [0.5, 0.6) is 0 Å². The van der Waals surface area contributed by atoms with Gasteiger partial charge in [0, 0.05) is 64.6 Å². The number of carbonyl (C=O) groups excluding carboxylic acids is 1. The van der Waals surface area contributed by atoms with E-state index in [0.717, 1.165) is 38.4 Å². The lowest BCUT2D eigenvalue weighted by atomic mass is 9.90. The predicted octanol–water partition coefficient (Wildman–Crippen LogP) is 0.989. The molecule has 0 unspecified atom stereocenters. The van der Waals surface area contributed by atoms with Crippen molar-refractivity contribution in [1.29, 1.82) is 0 Å². The van der Waals surface area contributed by atoms with E-state index in [4.69, 9.17) is 9.47 Å². The molecule has 0 bridgehead atoms. The summed E-state index contributed by atoms with van der Waals surface area (Å²) in [6.07, 6.45) is 5.56. The fraction of sp³-hybridized carbons (Fsp3) is 0.778. The van der Waals surface area contributed by atoms with Crippen LogP contribution in [0.15, 0.2) is 12.4 Å². The van der Waals surface area contributed by atoms with Crippen molar-refractivity contribution in [3.8, 4) is 0 Å². The monoisotopic (exact) mass is 350 g/mol. The highest BCUT2D eigenvalue weighted by atomic mass is 16.5. The fourth-order valence-corrected chi connectivity index (χ4v) is 3.88. The number of morpholine rings is 1. The summed E-state index contributed by atoms with van der Waals surface area (Å²) in [5, 5.41) is 0. The first-order chi connectivity index (χ1) is 12.2. The van der Waals surface area contributed by atoms with Gasteiger partial charge in [0.15, 0.2) is 0 Å². The van der Waals surface area contributed by atoms with E-state index in [2.05, 4.69) is 21.4 Å².